The zero-order valence-electron chi connectivity index (χ0n) is 30.8. The quantitative estimate of drug-likeness (QED) is 0.0404. The Kier molecular flexibility index (Phi) is 18.9. The molecule has 1 aromatic carbocycles. The van der Waals surface area contributed by atoms with E-state index in [0.29, 0.717) is 11.1 Å². The van der Waals surface area contributed by atoms with Crippen molar-refractivity contribution in [3.05, 3.63) is 48.0 Å². The zero-order chi connectivity index (χ0) is 34.0. The molecule has 7 heteroatoms. The molecule has 1 heterocycles. The average Bonchev–Trinajstić information content (AvgIpc) is 3.34. The van der Waals surface area contributed by atoms with Crippen LogP contribution < -0.4 is 0 Å². The molecule has 0 spiro atoms. The van der Waals surface area contributed by atoms with E-state index in [1.165, 1.54) is 75.5 Å². The summed E-state index contributed by atoms with van der Waals surface area (Å²) in [6, 6.07) is 12.7. The van der Waals surface area contributed by atoms with Crippen LogP contribution in [0.3, 0.4) is 0 Å². The second kappa shape index (κ2) is 21.4. The van der Waals surface area contributed by atoms with Crippen molar-refractivity contribution in [1.29, 1.82) is 0 Å². The first-order chi connectivity index (χ1) is 22.3. The molecule has 0 aliphatic carbocycles. The van der Waals surface area contributed by atoms with Gasteiger partial charge in [0.15, 0.2) is 16.6 Å². The lowest BCUT2D eigenvalue weighted by atomic mass is 9.98. The summed E-state index contributed by atoms with van der Waals surface area (Å²) in [6.45, 7) is 20.0. The smallest absolute Gasteiger partial charge is 0.262 e. The Morgan fingerprint density at radius 3 is 1.41 bits per heavy atom. The summed E-state index contributed by atoms with van der Waals surface area (Å²) in [5, 5.41) is 0. The van der Waals surface area contributed by atoms with E-state index in [2.05, 4.69) is 55.0 Å². The van der Waals surface area contributed by atoms with Gasteiger partial charge in [-0.25, -0.2) is 0 Å². The average molecular weight is 672 g/mol. The molecule has 1 aliphatic rings. The van der Waals surface area contributed by atoms with E-state index in [1.807, 2.05) is 12.1 Å². The lowest BCUT2D eigenvalue weighted by Gasteiger charge is -2.45. The van der Waals surface area contributed by atoms with E-state index < -0.39 is 28.8 Å². The Bertz CT molecular complexity index is 987. The van der Waals surface area contributed by atoms with E-state index >= 15 is 0 Å². The summed E-state index contributed by atoms with van der Waals surface area (Å²) in [6.07, 6.45) is 17.7. The Balaban J connectivity index is 2.30. The number of fused-ring (bicyclic) bond motifs is 1. The first-order valence-corrected chi connectivity index (χ1v) is 24.3. The molecule has 2 amide bonds. The molecule has 1 aromatic rings. The van der Waals surface area contributed by atoms with Gasteiger partial charge in [0.2, 0.25) is 0 Å². The number of hydrogen-bond acceptors (Lipinski definition) is 4. The highest BCUT2D eigenvalue weighted by atomic mass is 28.4. The molecular weight excluding hydrogens is 603 g/mol. The molecular formula is C39H69NO4Si2. The van der Waals surface area contributed by atoms with Gasteiger partial charge in [-0.2, -0.15) is 0 Å². The van der Waals surface area contributed by atoms with Gasteiger partial charge in [-0.15, -0.1) is 6.58 Å². The van der Waals surface area contributed by atoms with Crippen molar-refractivity contribution in [3.63, 3.8) is 0 Å². The first-order valence-electron chi connectivity index (χ1n) is 19.2. The second-order valence-electron chi connectivity index (χ2n) is 13.7. The fourth-order valence-electron chi connectivity index (χ4n) is 7.32. The lowest BCUT2D eigenvalue weighted by Crippen LogP contribution is -2.58. The Labute approximate surface area is 285 Å². The van der Waals surface area contributed by atoms with Crippen molar-refractivity contribution >= 4 is 28.4 Å². The maximum absolute atomic E-state index is 13.8. The van der Waals surface area contributed by atoms with Crippen molar-refractivity contribution in [2.24, 2.45) is 0 Å². The number of nitrogens with zero attached hydrogens (tertiary/aromatic N) is 1. The SMILES string of the molecule is C=C[C@@H]([C@H](O[Si](CC)(CC)CC)[C@@H](CCCCCCCCCCCCCC)O[Si](CC)(CC)CC)N1C(=O)c2ccccc2C1=O. The van der Waals surface area contributed by atoms with Crippen LogP contribution in [-0.4, -0.2) is 51.6 Å². The van der Waals surface area contributed by atoms with Gasteiger partial charge in [0.25, 0.3) is 11.8 Å². The van der Waals surface area contributed by atoms with Crippen LogP contribution in [-0.2, 0) is 8.85 Å². The van der Waals surface area contributed by atoms with Gasteiger partial charge in [-0.1, -0.05) is 144 Å². The maximum Gasteiger partial charge on any atom is 0.262 e. The molecule has 1 aliphatic heterocycles. The highest BCUT2D eigenvalue weighted by Crippen LogP contribution is 2.36. The van der Waals surface area contributed by atoms with Crippen molar-refractivity contribution in [2.75, 3.05) is 0 Å². The van der Waals surface area contributed by atoms with Gasteiger partial charge in [-0.05, 0) is 54.8 Å². The first kappa shape index (κ1) is 40.6. The minimum Gasteiger partial charge on any atom is -0.411 e. The molecule has 3 atom stereocenters. The molecule has 0 fully saturated rings. The van der Waals surface area contributed by atoms with Crippen LogP contribution in [0.2, 0.25) is 36.3 Å². The summed E-state index contributed by atoms with van der Waals surface area (Å²) in [5.74, 6) is -0.491. The van der Waals surface area contributed by atoms with Gasteiger partial charge >= 0.3 is 0 Å². The standard InChI is InChI=1S/C39H69NO4Si2/c1-9-17-18-19-20-21-22-23-24-25-26-27-32-36(43-45(11-3,12-4)13-5)37(44-46(14-6,15-7)16-8)35(10-2)40-38(41)33-30-28-29-31-34(33)39(40)42/h10,28-31,35-37H,2,9,11-27,32H2,1,3-8H3/t35-,36+,37-/m0/s1. The van der Waals surface area contributed by atoms with Crippen molar-refractivity contribution in [1.82, 2.24) is 4.90 Å². The predicted molar refractivity (Wildman–Crippen MR) is 201 cm³/mol. The van der Waals surface area contributed by atoms with Crippen LogP contribution in [0.25, 0.3) is 0 Å². The van der Waals surface area contributed by atoms with Crippen molar-refractivity contribution in [3.8, 4) is 0 Å². The normalized spacial score (nSPS) is 15.7. The highest BCUT2D eigenvalue weighted by Gasteiger charge is 2.48. The number of benzene rings is 1. The third kappa shape index (κ3) is 11.0. The van der Waals surface area contributed by atoms with E-state index in [1.54, 1.807) is 18.2 Å². The molecule has 2 rings (SSSR count). The van der Waals surface area contributed by atoms with Gasteiger partial charge in [0.1, 0.15) is 0 Å². The molecule has 0 bridgehead atoms. The summed E-state index contributed by atoms with van der Waals surface area (Å²) in [7, 11) is -4.18. The number of hydrogen-bond donors (Lipinski definition) is 0. The van der Waals surface area contributed by atoms with E-state index in [9.17, 15) is 9.59 Å². The van der Waals surface area contributed by atoms with Crippen molar-refractivity contribution in [2.45, 2.75) is 186 Å². The fraction of sp³-hybridized carbons (Fsp3) is 0.744. The summed E-state index contributed by atoms with van der Waals surface area (Å²) in [5.41, 5.74) is 0.946. The van der Waals surface area contributed by atoms with Crippen LogP contribution in [0.15, 0.2) is 36.9 Å². The molecule has 262 valence electrons. The Morgan fingerprint density at radius 2 is 1.02 bits per heavy atom. The largest absolute Gasteiger partial charge is 0.411 e. The van der Waals surface area contributed by atoms with E-state index in [-0.39, 0.29) is 17.9 Å². The molecule has 46 heavy (non-hydrogen) atoms. The fourth-order valence-corrected chi connectivity index (χ4v) is 13.1. The van der Waals surface area contributed by atoms with Gasteiger partial charge in [-0.3, -0.25) is 14.5 Å². The number of carbonyl (C=O) groups is 2. The third-order valence-electron chi connectivity index (χ3n) is 11.1. The highest BCUT2D eigenvalue weighted by molar-refractivity contribution is 6.74. The molecule has 0 saturated carbocycles. The second-order valence-corrected chi connectivity index (χ2v) is 23.1. The zero-order valence-corrected chi connectivity index (χ0v) is 32.8. The molecule has 0 unspecified atom stereocenters. The van der Waals surface area contributed by atoms with Gasteiger partial charge < -0.3 is 8.85 Å². The molecule has 0 N–H and O–H groups in total. The number of amides is 2. The number of carbonyl (C=O) groups excluding carboxylic acids is 2. The van der Waals surface area contributed by atoms with Gasteiger partial charge in [0.05, 0.1) is 29.4 Å². The monoisotopic (exact) mass is 671 g/mol. The summed E-state index contributed by atoms with van der Waals surface area (Å²) >= 11 is 0. The summed E-state index contributed by atoms with van der Waals surface area (Å²) in [4.78, 5) is 29.1. The summed E-state index contributed by atoms with van der Waals surface area (Å²) < 4.78 is 14.7. The van der Waals surface area contributed by atoms with Crippen LogP contribution in [0.5, 0.6) is 0 Å². The third-order valence-corrected chi connectivity index (χ3v) is 20.4. The molecule has 0 saturated heterocycles. The molecule has 5 nitrogen and oxygen atoms in total. The minimum atomic E-state index is -2.15. The number of rotatable bonds is 27. The van der Waals surface area contributed by atoms with E-state index in [4.69, 9.17) is 8.85 Å². The van der Waals surface area contributed by atoms with Crippen molar-refractivity contribution < 1.29 is 18.4 Å². The topological polar surface area (TPSA) is 55.8 Å². The molecule has 0 radical (unpaired) electrons. The minimum absolute atomic E-state index is 0.182. The van der Waals surface area contributed by atoms with Gasteiger partial charge in [0, 0.05) is 0 Å². The van der Waals surface area contributed by atoms with Crippen LogP contribution in [0.1, 0.15) is 153 Å². The number of unbranched alkanes of at least 4 members (excludes halogenated alkanes) is 11. The van der Waals surface area contributed by atoms with E-state index in [0.717, 1.165) is 49.1 Å². The Hall–Kier alpha value is -1.55. The van der Waals surface area contributed by atoms with Crippen LogP contribution in [0.4, 0.5) is 0 Å². The molecule has 0 aromatic heterocycles. The predicted octanol–water partition coefficient (Wildman–Crippen LogP) is 11.7. The lowest BCUT2D eigenvalue weighted by molar-refractivity contribution is -0.00523. The van der Waals surface area contributed by atoms with Crippen LogP contribution >= 0.6 is 0 Å². The maximum atomic E-state index is 13.8. The number of imide groups is 1. The Morgan fingerprint density at radius 1 is 0.630 bits per heavy atom. The van der Waals surface area contributed by atoms with Crippen LogP contribution in [0, 0.1) is 0 Å².